The van der Waals surface area contributed by atoms with Crippen LogP contribution in [0.4, 0.5) is 4.39 Å². The Labute approximate surface area is 173 Å². The number of methoxy groups -OCH3 is 3. The van der Waals surface area contributed by atoms with Crippen molar-refractivity contribution in [2.24, 2.45) is 0 Å². The van der Waals surface area contributed by atoms with E-state index >= 15 is 0 Å². The molecule has 0 aliphatic rings. The first-order valence-corrected chi connectivity index (χ1v) is 9.29. The molecule has 152 valence electrons. The van der Waals surface area contributed by atoms with Crippen LogP contribution < -0.4 is 19.5 Å². The molecule has 1 atom stereocenters. The van der Waals surface area contributed by atoms with Crippen LogP contribution in [0.5, 0.6) is 17.2 Å². The van der Waals surface area contributed by atoms with Gasteiger partial charge in [-0.25, -0.2) is 4.39 Å². The highest BCUT2D eigenvalue weighted by Gasteiger charge is 2.18. The van der Waals surface area contributed by atoms with Gasteiger partial charge in [0.1, 0.15) is 5.82 Å². The van der Waals surface area contributed by atoms with Crippen molar-refractivity contribution in [3.63, 3.8) is 0 Å². The third-order valence-electron chi connectivity index (χ3n) is 4.29. The first-order chi connectivity index (χ1) is 13.3. The van der Waals surface area contributed by atoms with Crippen LogP contribution in [0.3, 0.4) is 0 Å². The lowest BCUT2D eigenvalue weighted by molar-refractivity contribution is -0.121. The molecule has 1 amide bonds. The summed E-state index contributed by atoms with van der Waals surface area (Å²) in [4.78, 5) is 12.4. The Kier molecular flexibility index (Phi) is 7.78. The monoisotopic (exact) mass is 429 g/mol. The summed E-state index contributed by atoms with van der Waals surface area (Å²) < 4.78 is 29.7. The van der Waals surface area contributed by atoms with Crippen LogP contribution >= 0.6 is 23.2 Å². The maximum atomic E-state index is 13.7. The van der Waals surface area contributed by atoms with Gasteiger partial charge in [0.15, 0.2) is 11.5 Å². The van der Waals surface area contributed by atoms with Crippen molar-refractivity contribution in [3.05, 3.63) is 51.3 Å². The number of nitrogens with one attached hydrogen (secondary N) is 1. The summed E-state index contributed by atoms with van der Waals surface area (Å²) in [6.45, 7) is 1.73. The molecule has 2 aromatic rings. The highest BCUT2D eigenvalue weighted by molar-refractivity contribution is 6.35. The van der Waals surface area contributed by atoms with Crippen LogP contribution in [0.25, 0.3) is 0 Å². The Hall–Kier alpha value is -2.18. The molecule has 0 spiro atoms. The standard InChI is InChI=1S/C20H22Cl2FNO4/c1-11(13-9-16(23)15(22)10-14(13)21)24-18(25)8-6-12-5-7-17(26-2)20(28-4)19(12)27-3/h5,7,9-11H,6,8H2,1-4H3,(H,24,25). The zero-order chi connectivity index (χ0) is 20.8. The summed E-state index contributed by atoms with van der Waals surface area (Å²) in [5.41, 5.74) is 1.26. The summed E-state index contributed by atoms with van der Waals surface area (Å²) in [6, 6.07) is 5.66. The highest BCUT2D eigenvalue weighted by atomic mass is 35.5. The topological polar surface area (TPSA) is 56.8 Å². The quantitative estimate of drug-likeness (QED) is 0.601. The molecule has 0 aliphatic heterocycles. The van der Waals surface area contributed by atoms with Crippen molar-refractivity contribution in [2.75, 3.05) is 21.3 Å². The third kappa shape index (κ3) is 5.00. The number of carbonyl (C=O) groups excluding carboxylic acids is 1. The number of benzene rings is 2. The van der Waals surface area contributed by atoms with Crippen LogP contribution in [-0.2, 0) is 11.2 Å². The predicted molar refractivity (Wildman–Crippen MR) is 107 cm³/mol. The van der Waals surface area contributed by atoms with Crippen molar-refractivity contribution in [2.45, 2.75) is 25.8 Å². The molecule has 1 unspecified atom stereocenters. The van der Waals surface area contributed by atoms with Crippen molar-refractivity contribution in [3.8, 4) is 17.2 Å². The Morgan fingerprint density at radius 1 is 1.07 bits per heavy atom. The van der Waals surface area contributed by atoms with Crippen molar-refractivity contribution < 1.29 is 23.4 Å². The Morgan fingerprint density at radius 2 is 1.75 bits per heavy atom. The first kappa shape index (κ1) is 22.1. The van der Waals surface area contributed by atoms with E-state index in [0.29, 0.717) is 34.3 Å². The van der Waals surface area contributed by atoms with Gasteiger partial charge < -0.3 is 19.5 Å². The predicted octanol–water partition coefficient (Wildman–Crippen LogP) is 4.97. The molecule has 0 saturated carbocycles. The van der Waals surface area contributed by atoms with Crippen molar-refractivity contribution in [1.29, 1.82) is 0 Å². The Morgan fingerprint density at radius 3 is 2.36 bits per heavy atom. The number of carbonyl (C=O) groups is 1. The molecular formula is C20H22Cl2FNO4. The molecule has 0 aromatic heterocycles. The van der Waals surface area contributed by atoms with Gasteiger partial charge >= 0.3 is 0 Å². The number of rotatable bonds is 8. The molecule has 0 heterocycles. The largest absolute Gasteiger partial charge is 0.493 e. The van der Waals surface area contributed by atoms with Gasteiger partial charge in [0.25, 0.3) is 0 Å². The average Bonchev–Trinajstić information content (AvgIpc) is 2.67. The second-order valence-corrected chi connectivity index (χ2v) is 6.88. The summed E-state index contributed by atoms with van der Waals surface area (Å²) >= 11 is 11.8. The van der Waals surface area contributed by atoms with E-state index in [2.05, 4.69) is 5.32 Å². The fourth-order valence-corrected chi connectivity index (χ4v) is 3.42. The lowest BCUT2D eigenvalue weighted by Gasteiger charge is -2.18. The van der Waals surface area contributed by atoms with Gasteiger partial charge in [-0.15, -0.1) is 0 Å². The van der Waals surface area contributed by atoms with Crippen LogP contribution in [0.2, 0.25) is 10.0 Å². The SMILES string of the molecule is COc1ccc(CCC(=O)NC(C)c2cc(F)c(Cl)cc2Cl)c(OC)c1OC. The Balaban J connectivity index is 2.08. The Bertz CT molecular complexity index is 861. The molecule has 0 fully saturated rings. The van der Waals surface area contributed by atoms with E-state index < -0.39 is 11.9 Å². The van der Waals surface area contributed by atoms with Gasteiger partial charge in [-0.3, -0.25) is 4.79 Å². The van der Waals surface area contributed by atoms with E-state index in [1.165, 1.54) is 33.5 Å². The van der Waals surface area contributed by atoms with Crippen molar-refractivity contribution in [1.82, 2.24) is 5.32 Å². The molecule has 0 saturated heterocycles. The minimum absolute atomic E-state index is 0.0622. The number of aryl methyl sites for hydroxylation is 1. The lowest BCUT2D eigenvalue weighted by atomic mass is 10.1. The summed E-state index contributed by atoms with van der Waals surface area (Å²) in [5.74, 6) is 0.735. The molecular weight excluding hydrogens is 408 g/mol. The number of ether oxygens (including phenoxy) is 3. The van der Waals surface area contributed by atoms with Crippen LogP contribution in [0.15, 0.2) is 24.3 Å². The number of hydrogen-bond donors (Lipinski definition) is 1. The van der Waals surface area contributed by atoms with Gasteiger partial charge in [-0.2, -0.15) is 0 Å². The van der Waals surface area contributed by atoms with E-state index in [-0.39, 0.29) is 17.4 Å². The van der Waals surface area contributed by atoms with Crippen molar-refractivity contribution >= 4 is 29.1 Å². The molecule has 0 bridgehead atoms. The van der Waals surface area contributed by atoms with Gasteiger partial charge in [-0.05, 0) is 42.7 Å². The molecule has 5 nitrogen and oxygen atoms in total. The van der Waals surface area contributed by atoms with Crippen LogP contribution in [-0.4, -0.2) is 27.2 Å². The first-order valence-electron chi connectivity index (χ1n) is 8.54. The number of hydrogen-bond acceptors (Lipinski definition) is 4. The molecule has 0 aliphatic carbocycles. The van der Waals surface area contributed by atoms with E-state index in [4.69, 9.17) is 37.4 Å². The van der Waals surface area contributed by atoms with E-state index in [0.717, 1.165) is 5.56 Å². The summed E-state index contributed by atoms with van der Waals surface area (Å²) in [5, 5.41) is 3.04. The molecule has 0 radical (unpaired) electrons. The second kappa shape index (κ2) is 9.85. The maximum absolute atomic E-state index is 13.7. The maximum Gasteiger partial charge on any atom is 0.220 e. The van der Waals surface area contributed by atoms with Crippen LogP contribution in [0, 0.1) is 5.82 Å². The number of halogens is 3. The second-order valence-electron chi connectivity index (χ2n) is 6.07. The van der Waals surface area contributed by atoms with Crippen LogP contribution in [0.1, 0.15) is 30.5 Å². The third-order valence-corrected chi connectivity index (χ3v) is 4.91. The fourth-order valence-electron chi connectivity index (χ4n) is 2.87. The minimum atomic E-state index is -0.586. The molecule has 1 N–H and O–H groups in total. The molecule has 2 aromatic carbocycles. The zero-order valence-electron chi connectivity index (χ0n) is 16.1. The minimum Gasteiger partial charge on any atom is -0.493 e. The average molecular weight is 430 g/mol. The molecule has 28 heavy (non-hydrogen) atoms. The van der Waals surface area contributed by atoms with Gasteiger partial charge in [-0.1, -0.05) is 29.3 Å². The fraction of sp³-hybridized carbons (Fsp3) is 0.350. The molecule has 8 heteroatoms. The van der Waals surface area contributed by atoms with Gasteiger partial charge in [0, 0.05) is 11.4 Å². The van der Waals surface area contributed by atoms with Gasteiger partial charge in [0.2, 0.25) is 11.7 Å². The van der Waals surface area contributed by atoms with Gasteiger partial charge in [0.05, 0.1) is 32.4 Å². The van der Waals surface area contributed by atoms with E-state index in [9.17, 15) is 9.18 Å². The highest BCUT2D eigenvalue weighted by Crippen LogP contribution is 2.40. The number of amides is 1. The molecule has 2 rings (SSSR count). The zero-order valence-corrected chi connectivity index (χ0v) is 17.6. The smallest absolute Gasteiger partial charge is 0.220 e. The normalized spacial score (nSPS) is 11.7. The summed E-state index contributed by atoms with van der Waals surface area (Å²) in [6.07, 6.45) is 0.620. The lowest BCUT2D eigenvalue weighted by Crippen LogP contribution is -2.27. The van der Waals surface area contributed by atoms with E-state index in [1.807, 2.05) is 6.07 Å². The summed E-state index contributed by atoms with van der Waals surface area (Å²) in [7, 11) is 4.59. The van der Waals surface area contributed by atoms with E-state index in [1.54, 1.807) is 13.0 Å².